The molecule has 1 aromatic carbocycles. The highest BCUT2D eigenvalue weighted by atomic mass is 79.9. The van der Waals surface area contributed by atoms with Gasteiger partial charge in [0.1, 0.15) is 22.7 Å². The molecule has 0 fully saturated rings. The topological polar surface area (TPSA) is 46.5 Å². The maximum absolute atomic E-state index is 9.51. The quantitative estimate of drug-likeness (QED) is 0.746. The Morgan fingerprint density at radius 3 is 2.32 bits per heavy atom. The molecule has 0 radical (unpaired) electrons. The zero-order valence-corrected chi connectivity index (χ0v) is 12.7. The lowest BCUT2D eigenvalue weighted by Gasteiger charge is -2.11. The average Bonchev–Trinajstić information content (AvgIpc) is 2.92. The molecule has 4 heteroatoms. The van der Waals surface area contributed by atoms with E-state index >= 15 is 0 Å². The summed E-state index contributed by atoms with van der Waals surface area (Å²) in [5.41, 5.74) is 2.67. The van der Waals surface area contributed by atoms with Gasteiger partial charge in [-0.2, -0.15) is 0 Å². The Bertz CT molecular complexity index is 709. The van der Waals surface area contributed by atoms with Gasteiger partial charge in [-0.15, -0.1) is 0 Å². The van der Waals surface area contributed by atoms with Crippen molar-refractivity contribution >= 4 is 37.9 Å². The third-order valence-corrected chi connectivity index (χ3v) is 4.24. The third-order valence-electron chi connectivity index (χ3n) is 3.45. The van der Waals surface area contributed by atoms with Crippen molar-refractivity contribution < 1.29 is 13.9 Å². The first-order valence-corrected chi connectivity index (χ1v) is 7.04. The molecule has 2 heterocycles. The van der Waals surface area contributed by atoms with Crippen LogP contribution in [-0.2, 0) is 0 Å². The Kier molecular flexibility index (Phi) is 2.95. The third kappa shape index (κ3) is 1.82. The van der Waals surface area contributed by atoms with Crippen LogP contribution in [0, 0.1) is 13.8 Å². The van der Waals surface area contributed by atoms with Gasteiger partial charge in [0.2, 0.25) is 0 Å². The number of hydrogen-bond acceptors (Lipinski definition) is 3. The van der Waals surface area contributed by atoms with Gasteiger partial charge in [0.05, 0.1) is 4.47 Å². The molecule has 100 valence electrons. The molecule has 0 aliphatic carbocycles. The van der Waals surface area contributed by atoms with E-state index < -0.39 is 0 Å². The standard InChI is InChI=1S/C15H15BrO3/c1-7(6-17)12-10-4-8(2)19-15(10)13(16)11-5-9(3)18-14(11)12/h4-5,7,17H,6H2,1-3H3. The summed E-state index contributed by atoms with van der Waals surface area (Å²) in [4.78, 5) is 0. The Labute approximate surface area is 119 Å². The van der Waals surface area contributed by atoms with Crippen molar-refractivity contribution in [2.45, 2.75) is 26.7 Å². The van der Waals surface area contributed by atoms with E-state index in [-0.39, 0.29) is 12.5 Å². The van der Waals surface area contributed by atoms with Crippen LogP contribution >= 0.6 is 15.9 Å². The maximum Gasteiger partial charge on any atom is 0.149 e. The van der Waals surface area contributed by atoms with Crippen molar-refractivity contribution in [3.05, 3.63) is 33.7 Å². The Morgan fingerprint density at radius 1 is 1.11 bits per heavy atom. The summed E-state index contributed by atoms with van der Waals surface area (Å²) in [6, 6.07) is 3.99. The van der Waals surface area contributed by atoms with E-state index in [1.54, 1.807) is 0 Å². The summed E-state index contributed by atoms with van der Waals surface area (Å²) >= 11 is 3.60. The predicted octanol–water partition coefficient (Wildman–Crippen LogP) is 4.65. The highest BCUT2D eigenvalue weighted by Crippen LogP contribution is 2.42. The van der Waals surface area contributed by atoms with Gasteiger partial charge in [-0.25, -0.2) is 0 Å². The monoisotopic (exact) mass is 322 g/mol. The molecule has 0 aliphatic heterocycles. The maximum atomic E-state index is 9.51. The first kappa shape index (κ1) is 12.8. The normalized spacial score (nSPS) is 13.5. The van der Waals surface area contributed by atoms with Gasteiger partial charge >= 0.3 is 0 Å². The lowest BCUT2D eigenvalue weighted by molar-refractivity contribution is 0.273. The highest BCUT2D eigenvalue weighted by Gasteiger charge is 2.22. The van der Waals surface area contributed by atoms with Gasteiger partial charge in [0, 0.05) is 28.9 Å². The van der Waals surface area contributed by atoms with Gasteiger partial charge in [-0.3, -0.25) is 0 Å². The first-order chi connectivity index (χ1) is 9.02. The van der Waals surface area contributed by atoms with Crippen LogP contribution < -0.4 is 0 Å². The summed E-state index contributed by atoms with van der Waals surface area (Å²) < 4.78 is 12.5. The molecule has 0 bridgehead atoms. The number of aliphatic hydroxyl groups is 1. The van der Waals surface area contributed by atoms with E-state index in [4.69, 9.17) is 8.83 Å². The Hall–Kier alpha value is -1.26. The molecule has 2 aromatic heterocycles. The van der Waals surface area contributed by atoms with E-state index in [0.717, 1.165) is 43.5 Å². The van der Waals surface area contributed by atoms with E-state index in [0.29, 0.717) is 0 Å². The number of aliphatic hydroxyl groups excluding tert-OH is 1. The second-order valence-corrected chi connectivity index (χ2v) is 5.80. The molecule has 0 saturated heterocycles. The summed E-state index contributed by atoms with van der Waals surface area (Å²) in [6.45, 7) is 5.91. The van der Waals surface area contributed by atoms with Gasteiger partial charge in [0.25, 0.3) is 0 Å². The summed E-state index contributed by atoms with van der Waals surface area (Å²) in [5, 5.41) is 11.5. The molecule has 0 aliphatic rings. The number of fused-ring (bicyclic) bond motifs is 2. The van der Waals surface area contributed by atoms with Crippen LogP contribution in [0.15, 0.2) is 25.4 Å². The molecule has 0 spiro atoms. The molecule has 1 unspecified atom stereocenters. The molecule has 0 saturated carbocycles. The minimum Gasteiger partial charge on any atom is -0.461 e. The van der Waals surface area contributed by atoms with Crippen LogP contribution in [0.3, 0.4) is 0 Å². The van der Waals surface area contributed by atoms with Crippen molar-refractivity contribution in [2.24, 2.45) is 0 Å². The van der Waals surface area contributed by atoms with Crippen molar-refractivity contribution in [1.29, 1.82) is 0 Å². The minimum absolute atomic E-state index is 0.000602. The van der Waals surface area contributed by atoms with Crippen molar-refractivity contribution in [3.63, 3.8) is 0 Å². The molecule has 19 heavy (non-hydrogen) atoms. The van der Waals surface area contributed by atoms with E-state index in [9.17, 15) is 5.11 Å². The predicted molar refractivity (Wildman–Crippen MR) is 78.7 cm³/mol. The molecular weight excluding hydrogens is 308 g/mol. The van der Waals surface area contributed by atoms with E-state index in [1.165, 1.54) is 0 Å². The molecule has 1 atom stereocenters. The fourth-order valence-electron chi connectivity index (χ4n) is 2.58. The Balaban J connectivity index is 2.54. The highest BCUT2D eigenvalue weighted by molar-refractivity contribution is 9.10. The lowest BCUT2D eigenvalue weighted by atomic mass is 9.96. The SMILES string of the molecule is Cc1cc2c(C(C)CO)c3oc(C)cc3c(Br)c2o1. The average molecular weight is 323 g/mol. The van der Waals surface area contributed by atoms with Crippen LogP contribution in [-0.4, -0.2) is 11.7 Å². The smallest absolute Gasteiger partial charge is 0.149 e. The Morgan fingerprint density at radius 2 is 1.68 bits per heavy atom. The van der Waals surface area contributed by atoms with Crippen molar-refractivity contribution in [1.82, 2.24) is 0 Å². The number of rotatable bonds is 2. The van der Waals surface area contributed by atoms with Crippen LogP contribution in [0.25, 0.3) is 21.9 Å². The van der Waals surface area contributed by atoms with Gasteiger partial charge in [0.15, 0.2) is 0 Å². The van der Waals surface area contributed by atoms with E-state index in [1.807, 2.05) is 32.9 Å². The molecule has 3 nitrogen and oxygen atoms in total. The molecule has 3 aromatic rings. The molecule has 0 amide bonds. The molecular formula is C15H15BrO3. The minimum atomic E-state index is 0.000602. The number of halogens is 1. The van der Waals surface area contributed by atoms with Gasteiger partial charge < -0.3 is 13.9 Å². The fourth-order valence-corrected chi connectivity index (χ4v) is 3.17. The van der Waals surface area contributed by atoms with Crippen LogP contribution in [0.2, 0.25) is 0 Å². The molecule has 1 N–H and O–H groups in total. The van der Waals surface area contributed by atoms with Crippen LogP contribution in [0.4, 0.5) is 0 Å². The van der Waals surface area contributed by atoms with Gasteiger partial charge in [-0.05, 0) is 41.9 Å². The number of aryl methyl sites for hydroxylation is 2. The van der Waals surface area contributed by atoms with Crippen LogP contribution in [0.5, 0.6) is 0 Å². The van der Waals surface area contributed by atoms with Crippen molar-refractivity contribution in [2.75, 3.05) is 6.61 Å². The fraction of sp³-hybridized carbons (Fsp3) is 0.333. The van der Waals surface area contributed by atoms with Crippen molar-refractivity contribution in [3.8, 4) is 0 Å². The number of hydrogen-bond donors (Lipinski definition) is 1. The lowest BCUT2D eigenvalue weighted by Crippen LogP contribution is -2.00. The molecule has 3 rings (SSSR count). The second kappa shape index (κ2) is 4.39. The first-order valence-electron chi connectivity index (χ1n) is 6.25. The summed E-state index contributed by atoms with van der Waals surface area (Å²) in [7, 11) is 0. The number of benzene rings is 1. The second-order valence-electron chi connectivity index (χ2n) is 5.01. The van der Waals surface area contributed by atoms with Gasteiger partial charge in [-0.1, -0.05) is 6.92 Å². The summed E-state index contributed by atoms with van der Waals surface area (Å²) in [6.07, 6.45) is 0. The zero-order chi connectivity index (χ0) is 13.7. The zero-order valence-electron chi connectivity index (χ0n) is 11.1. The largest absolute Gasteiger partial charge is 0.461 e. The van der Waals surface area contributed by atoms with E-state index in [2.05, 4.69) is 15.9 Å². The summed E-state index contributed by atoms with van der Waals surface area (Å²) in [5.74, 6) is 1.71. The van der Waals surface area contributed by atoms with Crippen LogP contribution in [0.1, 0.15) is 29.9 Å². The number of furan rings is 2.